The lowest BCUT2D eigenvalue weighted by molar-refractivity contribution is 0.0708. The number of likely N-dealkylation sites (N-methyl/N-ethyl adjacent to an activating group) is 1. The van der Waals surface area contributed by atoms with E-state index in [2.05, 4.69) is 32.6 Å². The van der Waals surface area contributed by atoms with E-state index in [1.807, 2.05) is 36.4 Å². The van der Waals surface area contributed by atoms with Gasteiger partial charge in [-0.2, -0.15) is 0 Å². The fourth-order valence-corrected chi connectivity index (χ4v) is 4.62. The Morgan fingerprint density at radius 2 is 1.74 bits per heavy atom. The highest BCUT2D eigenvalue weighted by Crippen LogP contribution is 2.38. The fraction of sp³-hybridized carbons (Fsp3) is 0.429. The number of amides is 1. The Hall–Kier alpha value is -3.12. The van der Waals surface area contributed by atoms with Crippen molar-refractivity contribution in [1.29, 1.82) is 0 Å². The lowest BCUT2D eigenvalue weighted by Crippen LogP contribution is -2.37. The van der Waals surface area contributed by atoms with Crippen molar-refractivity contribution in [2.75, 3.05) is 32.8 Å². The summed E-state index contributed by atoms with van der Waals surface area (Å²) in [6, 6.07) is 12.9. The summed E-state index contributed by atoms with van der Waals surface area (Å²) in [5, 5.41) is 0.532. The van der Waals surface area contributed by atoms with Crippen LogP contribution < -0.4 is 10.2 Å². The van der Waals surface area contributed by atoms with Crippen LogP contribution in [0.2, 0.25) is 0 Å². The first-order valence-corrected chi connectivity index (χ1v) is 12.4. The van der Waals surface area contributed by atoms with Crippen LogP contribution in [0.5, 0.6) is 5.75 Å². The van der Waals surface area contributed by atoms with Crippen molar-refractivity contribution in [3.8, 4) is 5.75 Å². The molecule has 2 aromatic carbocycles. The highest BCUT2D eigenvalue weighted by atomic mass is 16.5. The van der Waals surface area contributed by atoms with Gasteiger partial charge in [-0.3, -0.25) is 9.59 Å². The SMILES string of the molecule is CCCOc1ccc(C2c3c(oc4ccc(CC)cc4c3=O)C(=O)N2CCN(CC)CC)cc1. The summed E-state index contributed by atoms with van der Waals surface area (Å²) >= 11 is 0. The Labute approximate surface area is 201 Å². The summed E-state index contributed by atoms with van der Waals surface area (Å²) in [7, 11) is 0. The lowest BCUT2D eigenvalue weighted by atomic mass is 9.98. The van der Waals surface area contributed by atoms with Gasteiger partial charge in [0.05, 0.1) is 23.6 Å². The van der Waals surface area contributed by atoms with Gasteiger partial charge in [0.25, 0.3) is 5.91 Å². The minimum Gasteiger partial charge on any atom is -0.494 e. The lowest BCUT2D eigenvalue weighted by Gasteiger charge is -2.28. The number of carbonyl (C=O) groups excluding carboxylic acids is 1. The van der Waals surface area contributed by atoms with E-state index in [4.69, 9.17) is 9.15 Å². The molecule has 1 aliphatic rings. The van der Waals surface area contributed by atoms with Crippen LogP contribution in [0.1, 0.15) is 67.4 Å². The maximum Gasteiger partial charge on any atom is 0.290 e. The second kappa shape index (κ2) is 10.4. The summed E-state index contributed by atoms with van der Waals surface area (Å²) in [6.45, 7) is 12.0. The molecule has 1 amide bonds. The van der Waals surface area contributed by atoms with Crippen molar-refractivity contribution >= 4 is 16.9 Å². The fourth-order valence-electron chi connectivity index (χ4n) is 4.62. The molecule has 180 valence electrons. The number of rotatable bonds is 10. The number of nitrogens with zero attached hydrogens (tertiary/aromatic N) is 2. The van der Waals surface area contributed by atoms with E-state index < -0.39 is 6.04 Å². The molecule has 0 saturated carbocycles. The first-order chi connectivity index (χ1) is 16.5. The zero-order chi connectivity index (χ0) is 24.2. The van der Waals surface area contributed by atoms with Gasteiger partial charge in [-0.05, 0) is 61.3 Å². The predicted octanol–water partition coefficient (Wildman–Crippen LogP) is 5.03. The quantitative estimate of drug-likeness (QED) is 0.423. The third kappa shape index (κ3) is 4.47. The number of fused-ring (bicyclic) bond motifs is 2. The van der Waals surface area contributed by atoms with Crippen LogP contribution in [0.3, 0.4) is 0 Å². The number of ether oxygens (including phenoxy) is 1. The molecule has 3 aromatic rings. The van der Waals surface area contributed by atoms with Gasteiger partial charge in [0.2, 0.25) is 5.76 Å². The third-order valence-electron chi connectivity index (χ3n) is 6.66. The second-order valence-corrected chi connectivity index (χ2v) is 8.70. The van der Waals surface area contributed by atoms with E-state index in [1.54, 1.807) is 11.0 Å². The van der Waals surface area contributed by atoms with Gasteiger partial charge in [0.1, 0.15) is 11.3 Å². The first-order valence-electron chi connectivity index (χ1n) is 12.4. The molecule has 6 heteroatoms. The largest absolute Gasteiger partial charge is 0.494 e. The van der Waals surface area contributed by atoms with Gasteiger partial charge in [0.15, 0.2) is 5.43 Å². The van der Waals surface area contributed by atoms with E-state index in [0.29, 0.717) is 29.7 Å². The molecule has 0 spiro atoms. The molecule has 6 nitrogen and oxygen atoms in total. The van der Waals surface area contributed by atoms with Crippen molar-refractivity contribution in [2.45, 2.75) is 46.6 Å². The van der Waals surface area contributed by atoms with E-state index in [1.165, 1.54) is 0 Å². The minimum absolute atomic E-state index is 0.124. The molecule has 0 aliphatic carbocycles. The Bertz CT molecular complexity index is 1210. The third-order valence-corrected chi connectivity index (χ3v) is 6.66. The Morgan fingerprint density at radius 3 is 2.38 bits per heavy atom. The Kier molecular flexibility index (Phi) is 7.37. The van der Waals surface area contributed by atoms with Gasteiger partial charge < -0.3 is 19.0 Å². The van der Waals surface area contributed by atoms with E-state index in [-0.39, 0.29) is 17.1 Å². The number of benzene rings is 2. The molecular weight excluding hydrogens is 428 g/mol. The van der Waals surface area contributed by atoms with Gasteiger partial charge in [-0.1, -0.05) is 45.9 Å². The van der Waals surface area contributed by atoms with Gasteiger partial charge in [-0.25, -0.2) is 0 Å². The molecule has 34 heavy (non-hydrogen) atoms. The molecule has 1 unspecified atom stereocenters. The standard InChI is InChI=1S/C28H34N2O4/c1-5-17-33-21-12-10-20(11-13-21)25-24-26(31)22-18-19(6-2)9-14-23(22)34-27(24)28(32)30(25)16-15-29(7-3)8-4/h9-14,18,25H,5-8,15-17H2,1-4H3. The minimum atomic E-state index is -0.482. The number of hydrogen-bond acceptors (Lipinski definition) is 5. The van der Waals surface area contributed by atoms with Crippen molar-refractivity contribution in [1.82, 2.24) is 9.80 Å². The van der Waals surface area contributed by atoms with Crippen LogP contribution in [0.15, 0.2) is 51.7 Å². The molecule has 2 heterocycles. The monoisotopic (exact) mass is 462 g/mol. The van der Waals surface area contributed by atoms with Crippen LogP contribution in [0.25, 0.3) is 11.0 Å². The summed E-state index contributed by atoms with van der Waals surface area (Å²) in [4.78, 5) is 31.4. The number of carbonyl (C=O) groups is 1. The van der Waals surface area contributed by atoms with Crippen LogP contribution in [0, 0.1) is 0 Å². The summed E-state index contributed by atoms with van der Waals surface area (Å²) in [5.74, 6) is 0.720. The average molecular weight is 463 g/mol. The zero-order valence-electron chi connectivity index (χ0n) is 20.6. The Morgan fingerprint density at radius 1 is 1.00 bits per heavy atom. The first kappa shape index (κ1) is 24.0. The molecule has 0 N–H and O–H groups in total. The van der Waals surface area contributed by atoms with Crippen LogP contribution >= 0.6 is 0 Å². The van der Waals surface area contributed by atoms with E-state index in [9.17, 15) is 9.59 Å². The molecular formula is C28H34N2O4. The van der Waals surface area contributed by atoms with Crippen molar-refractivity contribution < 1.29 is 13.9 Å². The topological polar surface area (TPSA) is 63.0 Å². The number of aryl methyl sites for hydroxylation is 1. The van der Waals surface area contributed by atoms with Gasteiger partial charge >= 0.3 is 0 Å². The Balaban J connectivity index is 1.81. The van der Waals surface area contributed by atoms with Crippen LogP contribution in [-0.4, -0.2) is 48.5 Å². The normalized spacial score (nSPS) is 15.4. The molecule has 1 aliphatic heterocycles. The van der Waals surface area contributed by atoms with Crippen molar-refractivity contribution in [3.63, 3.8) is 0 Å². The molecule has 0 fully saturated rings. The van der Waals surface area contributed by atoms with Gasteiger partial charge in [0, 0.05) is 13.1 Å². The second-order valence-electron chi connectivity index (χ2n) is 8.70. The van der Waals surface area contributed by atoms with Gasteiger partial charge in [-0.15, -0.1) is 0 Å². The number of hydrogen-bond donors (Lipinski definition) is 0. The maximum absolute atomic E-state index is 13.7. The van der Waals surface area contributed by atoms with Crippen LogP contribution in [-0.2, 0) is 6.42 Å². The summed E-state index contributed by atoms with van der Waals surface area (Å²) < 4.78 is 11.8. The van der Waals surface area contributed by atoms with E-state index in [0.717, 1.165) is 49.4 Å². The van der Waals surface area contributed by atoms with Crippen molar-refractivity contribution in [2.24, 2.45) is 0 Å². The maximum atomic E-state index is 13.7. The van der Waals surface area contributed by atoms with E-state index >= 15 is 0 Å². The zero-order valence-corrected chi connectivity index (χ0v) is 20.6. The highest BCUT2D eigenvalue weighted by molar-refractivity contribution is 5.99. The van der Waals surface area contributed by atoms with Crippen LogP contribution in [0.4, 0.5) is 0 Å². The molecule has 0 radical (unpaired) electrons. The molecule has 4 rings (SSSR count). The van der Waals surface area contributed by atoms with Crippen molar-refractivity contribution in [3.05, 3.63) is 75.1 Å². The molecule has 0 bridgehead atoms. The molecule has 0 saturated heterocycles. The smallest absolute Gasteiger partial charge is 0.290 e. The summed E-state index contributed by atoms with van der Waals surface area (Å²) in [5.41, 5.74) is 2.72. The molecule has 1 atom stereocenters. The predicted molar refractivity (Wildman–Crippen MR) is 135 cm³/mol. The molecule has 1 aromatic heterocycles. The highest BCUT2D eigenvalue weighted by Gasteiger charge is 2.42. The summed E-state index contributed by atoms with van der Waals surface area (Å²) in [6.07, 6.45) is 1.75. The average Bonchev–Trinajstić information content (AvgIpc) is 3.15.